The normalized spacial score (nSPS) is 30.3. The third kappa shape index (κ3) is 4.51. The van der Waals surface area contributed by atoms with E-state index < -0.39 is 10.0 Å². The van der Waals surface area contributed by atoms with Crippen molar-refractivity contribution in [1.29, 1.82) is 0 Å². The molecule has 4 aliphatic rings. The summed E-state index contributed by atoms with van der Waals surface area (Å²) in [6.07, 6.45) is 7.62. The first-order valence-corrected chi connectivity index (χ1v) is 12.6. The highest BCUT2D eigenvalue weighted by atomic mass is 32.2. The topological polar surface area (TPSA) is 95.6 Å². The average molecular weight is 448 g/mol. The zero-order chi connectivity index (χ0) is 22.4. The van der Waals surface area contributed by atoms with Crippen molar-refractivity contribution in [2.45, 2.75) is 63.3 Å². The van der Waals surface area contributed by atoms with Gasteiger partial charge in [-0.1, -0.05) is 0 Å². The van der Waals surface area contributed by atoms with Crippen molar-refractivity contribution in [2.75, 3.05) is 18.9 Å². The van der Waals surface area contributed by atoms with Gasteiger partial charge in [0.2, 0.25) is 21.8 Å². The van der Waals surface area contributed by atoms with Crippen molar-refractivity contribution in [2.24, 2.45) is 23.2 Å². The molecule has 1 atom stereocenters. The number of nitrogens with zero attached hydrogens (tertiary/aromatic N) is 1. The van der Waals surface area contributed by atoms with E-state index in [1.807, 2.05) is 0 Å². The summed E-state index contributed by atoms with van der Waals surface area (Å²) in [6.45, 7) is 3.27. The monoisotopic (exact) mass is 447 g/mol. The second kappa shape index (κ2) is 8.20. The molecule has 170 valence electrons. The highest BCUT2D eigenvalue weighted by Crippen LogP contribution is 2.61. The summed E-state index contributed by atoms with van der Waals surface area (Å²) in [5.41, 5.74) is 0.706. The molecule has 1 aromatic carbocycles. The Labute approximate surface area is 185 Å². The van der Waals surface area contributed by atoms with Gasteiger partial charge < -0.3 is 10.6 Å². The fourth-order valence-electron chi connectivity index (χ4n) is 6.53. The van der Waals surface area contributed by atoms with Crippen LogP contribution in [-0.4, -0.2) is 44.2 Å². The summed E-state index contributed by atoms with van der Waals surface area (Å²) in [5.74, 6) is 1.92. The molecule has 0 aliphatic heterocycles. The van der Waals surface area contributed by atoms with Crippen LogP contribution in [0, 0.1) is 23.2 Å². The summed E-state index contributed by atoms with van der Waals surface area (Å²) in [6, 6.07) is 6.01. The van der Waals surface area contributed by atoms with Crippen molar-refractivity contribution in [3.63, 3.8) is 0 Å². The molecule has 0 unspecified atom stereocenters. The summed E-state index contributed by atoms with van der Waals surface area (Å²) in [5, 5.41) is 5.74. The number of hydrogen-bond donors (Lipinski definition) is 2. The van der Waals surface area contributed by atoms with Crippen LogP contribution in [0.3, 0.4) is 0 Å². The number of carbonyl (C=O) groups excluding carboxylic acids is 2. The smallest absolute Gasteiger partial charge is 0.243 e. The second-order valence-corrected chi connectivity index (χ2v) is 12.1. The van der Waals surface area contributed by atoms with Gasteiger partial charge in [-0.15, -0.1) is 0 Å². The Balaban J connectivity index is 1.37. The van der Waals surface area contributed by atoms with Crippen molar-refractivity contribution in [3.8, 4) is 0 Å². The fraction of sp³-hybridized carbons (Fsp3) is 0.652. The maximum absolute atomic E-state index is 12.9. The van der Waals surface area contributed by atoms with Crippen LogP contribution < -0.4 is 10.6 Å². The molecule has 7 nitrogen and oxygen atoms in total. The molecule has 0 spiro atoms. The number of anilines is 1. The van der Waals surface area contributed by atoms with Gasteiger partial charge in [0.25, 0.3) is 0 Å². The quantitative estimate of drug-likeness (QED) is 0.672. The Hall–Kier alpha value is -1.93. The molecule has 0 aromatic heterocycles. The molecular weight excluding hydrogens is 414 g/mol. The van der Waals surface area contributed by atoms with E-state index in [0.29, 0.717) is 5.69 Å². The van der Waals surface area contributed by atoms with Crippen LogP contribution in [0.25, 0.3) is 0 Å². The van der Waals surface area contributed by atoms with E-state index in [-0.39, 0.29) is 34.7 Å². The molecule has 0 saturated heterocycles. The largest absolute Gasteiger partial charge is 0.352 e. The van der Waals surface area contributed by atoms with E-state index in [1.165, 1.54) is 76.8 Å². The van der Waals surface area contributed by atoms with Crippen LogP contribution in [0.5, 0.6) is 0 Å². The van der Waals surface area contributed by atoms with Crippen LogP contribution in [0.4, 0.5) is 5.69 Å². The molecule has 4 aliphatic carbocycles. The minimum absolute atomic E-state index is 0.0569. The Morgan fingerprint density at radius 1 is 1.06 bits per heavy atom. The highest BCUT2D eigenvalue weighted by molar-refractivity contribution is 7.89. The van der Waals surface area contributed by atoms with Gasteiger partial charge >= 0.3 is 0 Å². The average Bonchev–Trinajstić information content (AvgIpc) is 2.66. The first-order valence-electron chi connectivity index (χ1n) is 11.2. The van der Waals surface area contributed by atoms with Gasteiger partial charge in [-0.2, -0.15) is 4.31 Å². The molecule has 4 saturated carbocycles. The van der Waals surface area contributed by atoms with E-state index in [9.17, 15) is 18.0 Å². The maximum atomic E-state index is 12.9. The molecule has 4 fully saturated rings. The van der Waals surface area contributed by atoms with E-state index in [0.717, 1.165) is 22.1 Å². The van der Waals surface area contributed by atoms with E-state index in [2.05, 4.69) is 17.6 Å². The lowest BCUT2D eigenvalue weighted by atomic mass is 9.48. The Bertz CT molecular complexity index is 922. The minimum Gasteiger partial charge on any atom is -0.352 e. The SMILES string of the molecule is CC(=O)Nc1ccc(S(=O)(=O)N(C)CC(=O)N[C@H](C)C23CC4CC(CC(C4)C2)C3)cc1. The summed E-state index contributed by atoms with van der Waals surface area (Å²) >= 11 is 0. The van der Waals surface area contributed by atoms with Gasteiger partial charge in [0.05, 0.1) is 11.4 Å². The minimum atomic E-state index is -3.80. The molecule has 5 rings (SSSR count). The molecule has 1 aromatic rings. The number of likely N-dealkylation sites (N-methyl/N-ethyl adjacent to an activating group) is 1. The van der Waals surface area contributed by atoms with Crippen LogP contribution in [-0.2, 0) is 19.6 Å². The van der Waals surface area contributed by atoms with Gasteiger partial charge in [-0.05, 0) is 92.9 Å². The van der Waals surface area contributed by atoms with Crippen LogP contribution in [0.15, 0.2) is 29.2 Å². The Morgan fingerprint density at radius 2 is 1.58 bits per heavy atom. The molecule has 31 heavy (non-hydrogen) atoms. The first-order chi connectivity index (χ1) is 14.6. The number of benzene rings is 1. The maximum Gasteiger partial charge on any atom is 0.243 e. The zero-order valence-electron chi connectivity index (χ0n) is 18.6. The Kier molecular flexibility index (Phi) is 5.89. The lowest BCUT2D eigenvalue weighted by Crippen LogP contribution is -2.56. The number of rotatable bonds is 7. The molecule has 4 bridgehead atoms. The molecule has 0 radical (unpaired) electrons. The van der Waals surface area contributed by atoms with Crippen LogP contribution >= 0.6 is 0 Å². The Morgan fingerprint density at radius 3 is 2.06 bits per heavy atom. The molecule has 2 amide bonds. The van der Waals surface area contributed by atoms with E-state index in [4.69, 9.17) is 0 Å². The lowest BCUT2D eigenvalue weighted by molar-refractivity contribution is -0.126. The molecule has 2 N–H and O–H groups in total. The van der Waals surface area contributed by atoms with Gasteiger partial charge in [-0.25, -0.2) is 8.42 Å². The number of nitrogens with one attached hydrogen (secondary N) is 2. The van der Waals surface area contributed by atoms with Crippen molar-refractivity contribution in [1.82, 2.24) is 9.62 Å². The van der Waals surface area contributed by atoms with Crippen LogP contribution in [0.1, 0.15) is 52.4 Å². The van der Waals surface area contributed by atoms with Gasteiger partial charge in [0.15, 0.2) is 0 Å². The van der Waals surface area contributed by atoms with Gasteiger partial charge in [0, 0.05) is 25.7 Å². The van der Waals surface area contributed by atoms with Gasteiger partial charge in [-0.3, -0.25) is 9.59 Å². The summed E-state index contributed by atoms with van der Waals surface area (Å²) in [7, 11) is -2.38. The fourth-order valence-corrected chi connectivity index (χ4v) is 7.66. The predicted octanol–water partition coefficient (Wildman–Crippen LogP) is 2.99. The number of hydrogen-bond acceptors (Lipinski definition) is 4. The van der Waals surface area contributed by atoms with Crippen molar-refractivity contribution in [3.05, 3.63) is 24.3 Å². The van der Waals surface area contributed by atoms with Crippen LogP contribution in [0.2, 0.25) is 0 Å². The summed E-state index contributed by atoms with van der Waals surface area (Å²) in [4.78, 5) is 24.0. The van der Waals surface area contributed by atoms with E-state index in [1.54, 1.807) is 0 Å². The predicted molar refractivity (Wildman–Crippen MR) is 119 cm³/mol. The van der Waals surface area contributed by atoms with E-state index >= 15 is 0 Å². The third-order valence-electron chi connectivity index (χ3n) is 7.63. The summed E-state index contributed by atoms with van der Waals surface area (Å²) < 4.78 is 26.8. The number of sulfonamides is 1. The molecule has 0 heterocycles. The molecular formula is C23H33N3O4S. The van der Waals surface area contributed by atoms with Crippen molar-refractivity contribution < 1.29 is 18.0 Å². The standard InChI is InChI=1S/C23H33N3O4S/c1-15(23-11-17-8-18(12-23)10-19(9-17)13-23)24-22(28)14-26(3)31(29,30)21-6-4-20(5-7-21)25-16(2)27/h4-7,15,17-19H,8-14H2,1-3H3,(H,24,28)(H,25,27)/t15-,17?,18?,19?,23?/m1/s1. The lowest BCUT2D eigenvalue weighted by Gasteiger charge is -2.59. The highest BCUT2D eigenvalue weighted by Gasteiger charge is 2.53. The van der Waals surface area contributed by atoms with Crippen molar-refractivity contribution >= 4 is 27.5 Å². The molecule has 8 heteroatoms. The second-order valence-electron chi connectivity index (χ2n) is 10.0. The number of carbonyl (C=O) groups is 2. The number of amides is 2. The van der Waals surface area contributed by atoms with Gasteiger partial charge in [0.1, 0.15) is 0 Å². The third-order valence-corrected chi connectivity index (χ3v) is 9.45. The first kappa shape index (κ1) is 22.3. The zero-order valence-corrected chi connectivity index (χ0v) is 19.4.